The van der Waals surface area contributed by atoms with Crippen molar-refractivity contribution >= 4 is 5.91 Å². The first-order chi connectivity index (χ1) is 10.8. The number of carbonyl (C=O) groups is 1. The first-order valence-corrected chi connectivity index (χ1v) is 7.70. The van der Waals surface area contributed by atoms with Gasteiger partial charge in [0.15, 0.2) is 0 Å². The number of aryl methyl sites for hydroxylation is 1. The van der Waals surface area contributed by atoms with E-state index in [1.165, 1.54) is 6.33 Å². The Kier molecular flexibility index (Phi) is 5.15. The summed E-state index contributed by atoms with van der Waals surface area (Å²) in [6.45, 7) is 8.13. The Morgan fingerprint density at radius 2 is 2.13 bits per heavy atom. The number of aromatic nitrogens is 3. The molecule has 1 atom stereocenters. The number of aliphatic hydroxyl groups excluding tert-OH is 1. The molecule has 2 N–H and O–H groups in total. The number of carbonyl (C=O) groups excluding carboxylic acids is 1. The average molecular weight is 316 g/mol. The molecule has 0 saturated heterocycles. The number of nitrogens with zero attached hydrogens (tertiary/aromatic N) is 3. The molecule has 1 amide bonds. The Hall–Kier alpha value is -2.21. The minimum Gasteiger partial charge on any atom is -0.396 e. The Bertz CT molecular complexity index is 660. The highest BCUT2D eigenvalue weighted by Crippen LogP contribution is 2.22. The van der Waals surface area contributed by atoms with Crippen molar-refractivity contribution in [1.29, 1.82) is 0 Å². The first kappa shape index (κ1) is 17.1. The Labute approximate surface area is 136 Å². The second kappa shape index (κ2) is 6.91. The fourth-order valence-corrected chi connectivity index (χ4v) is 2.48. The maximum atomic E-state index is 12.5. The number of aliphatic hydroxyl groups is 1. The second-order valence-electron chi connectivity index (χ2n) is 6.75. The maximum Gasteiger partial charge on any atom is 0.251 e. The van der Waals surface area contributed by atoms with Gasteiger partial charge in [-0.1, -0.05) is 20.8 Å². The molecule has 1 aromatic carbocycles. The number of hydrogen-bond donors (Lipinski definition) is 2. The third-order valence-corrected chi connectivity index (χ3v) is 3.89. The van der Waals surface area contributed by atoms with Crippen LogP contribution in [0.5, 0.6) is 0 Å². The predicted molar refractivity (Wildman–Crippen MR) is 88.5 cm³/mol. The smallest absolute Gasteiger partial charge is 0.251 e. The van der Waals surface area contributed by atoms with Gasteiger partial charge in [0.05, 0.1) is 5.69 Å². The maximum absolute atomic E-state index is 12.5. The van der Waals surface area contributed by atoms with Crippen molar-refractivity contribution in [2.45, 2.75) is 40.2 Å². The summed E-state index contributed by atoms with van der Waals surface area (Å²) < 4.78 is 1.67. The lowest BCUT2D eigenvalue weighted by atomic mass is 9.84. The van der Waals surface area contributed by atoms with Gasteiger partial charge in [-0.3, -0.25) is 4.79 Å². The van der Waals surface area contributed by atoms with E-state index in [-0.39, 0.29) is 24.0 Å². The van der Waals surface area contributed by atoms with Crippen LogP contribution < -0.4 is 5.32 Å². The number of nitrogens with one attached hydrogen (secondary N) is 1. The lowest BCUT2D eigenvalue weighted by molar-refractivity contribution is 0.0885. The second-order valence-corrected chi connectivity index (χ2v) is 6.75. The van der Waals surface area contributed by atoms with Gasteiger partial charge in [0.25, 0.3) is 5.91 Å². The molecule has 0 fully saturated rings. The highest BCUT2D eigenvalue weighted by molar-refractivity contribution is 5.94. The molecule has 1 unspecified atom stereocenters. The molecule has 1 aromatic heterocycles. The number of hydrogen-bond acceptors (Lipinski definition) is 4. The SMILES string of the molecule is Cc1cc(C(=O)NC(CCO)C(C)(C)C)ccc1-n1cncn1. The minimum atomic E-state index is -0.133. The predicted octanol–water partition coefficient (Wildman–Crippen LogP) is 2.10. The molecular weight excluding hydrogens is 292 g/mol. The van der Waals surface area contributed by atoms with E-state index in [4.69, 9.17) is 0 Å². The van der Waals surface area contributed by atoms with E-state index in [9.17, 15) is 9.90 Å². The molecular formula is C17H24N4O2. The van der Waals surface area contributed by atoms with Crippen molar-refractivity contribution in [3.05, 3.63) is 42.0 Å². The zero-order valence-electron chi connectivity index (χ0n) is 14.1. The summed E-state index contributed by atoms with van der Waals surface area (Å²) in [6, 6.07) is 5.38. The number of rotatable bonds is 5. The van der Waals surface area contributed by atoms with Crippen LogP contribution in [0.25, 0.3) is 5.69 Å². The molecule has 0 aliphatic heterocycles. The van der Waals surface area contributed by atoms with Gasteiger partial charge >= 0.3 is 0 Å². The van der Waals surface area contributed by atoms with E-state index in [1.54, 1.807) is 17.1 Å². The zero-order chi connectivity index (χ0) is 17.0. The third kappa shape index (κ3) is 4.16. The Balaban J connectivity index is 2.18. The average Bonchev–Trinajstić information content (AvgIpc) is 2.99. The molecule has 23 heavy (non-hydrogen) atoms. The molecule has 6 nitrogen and oxygen atoms in total. The van der Waals surface area contributed by atoms with E-state index < -0.39 is 0 Å². The molecule has 0 aliphatic carbocycles. The fraction of sp³-hybridized carbons (Fsp3) is 0.471. The normalized spacial score (nSPS) is 12.9. The van der Waals surface area contributed by atoms with Crippen LogP contribution in [-0.2, 0) is 0 Å². The van der Waals surface area contributed by atoms with Gasteiger partial charge in [-0.2, -0.15) is 5.10 Å². The number of benzene rings is 1. The van der Waals surface area contributed by atoms with Crippen molar-refractivity contribution in [2.24, 2.45) is 5.41 Å². The van der Waals surface area contributed by atoms with Crippen LogP contribution in [0, 0.1) is 12.3 Å². The van der Waals surface area contributed by atoms with Crippen molar-refractivity contribution < 1.29 is 9.90 Å². The lowest BCUT2D eigenvalue weighted by Crippen LogP contribution is -2.44. The van der Waals surface area contributed by atoms with E-state index in [2.05, 4.69) is 15.4 Å². The van der Waals surface area contributed by atoms with Gasteiger partial charge in [0.1, 0.15) is 12.7 Å². The van der Waals surface area contributed by atoms with Gasteiger partial charge in [-0.15, -0.1) is 0 Å². The molecule has 1 heterocycles. The van der Waals surface area contributed by atoms with Crippen LogP contribution in [-0.4, -0.2) is 38.4 Å². The number of amides is 1. The van der Waals surface area contributed by atoms with Gasteiger partial charge in [0.2, 0.25) is 0 Å². The summed E-state index contributed by atoms with van der Waals surface area (Å²) in [5.74, 6) is -0.133. The van der Waals surface area contributed by atoms with Crippen molar-refractivity contribution in [3.8, 4) is 5.69 Å². The monoisotopic (exact) mass is 316 g/mol. The van der Waals surface area contributed by atoms with Gasteiger partial charge in [-0.25, -0.2) is 9.67 Å². The Morgan fingerprint density at radius 3 is 2.65 bits per heavy atom. The fourth-order valence-electron chi connectivity index (χ4n) is 2.48. The summed E-state index contributed by atoms with van der Waals surface area (Å²) >= 11 is 0. The highest BCUT2D eigenvalue weighted by Gasteiger charge is 2.26. The van der Waals surface area contributed by atoms with Gasteiger partial charge in [-0.05, 0) is 42.5 Å². The molecule has 0 bridgehead atoms. The summed E-state index contributed by atoms with van der Waals surface area (Å²) in [4.78, 5) is 16.4. The largest absolute Gasteiger partial charge is 0.396 e. The molecule has 0 radical (unpaired) electrons. The van der Waals surface area contributed by atoms with Crippen molar-refractivity contribution in [2.75, 3.05) is 6.61 Å². The molecule has 124 valence electrons. The molecule has 0 spiro atoms. The molecule has 6 heteroatoms. The van der Waals surface area contributed by atoms with Crippen molar-refractivity contribution in [3.63, 3.8) is 0 Å². The topological polar surface area (TPSA) is 80.0 Å². The van der Waals surface area contributed by atoms with Crippen molar-refractivity contribution in [1.82, 2.24) is 20.1 Å². The third-order valence-electron chi connectivity index (χ3n) is 3.89. The minimum absolute atomic E-state index is 0.0481. The van der Waals surface area contributed by atoms with Crippen LogP contribution in [0.15, 0.2) is 30.9 Å². The molecule has 2 aromatic rings. The summed E-state index contributed by atoms with van der Waals surface area (Å²) in [6.07, 6.45) is 3.63. The van der Waals surface area contributed by atoms with Crippen LogP contribution in [0.1, 0.15) is 43.1 Å². The summed E-state index contributed by atoms with van der Waals surface area (Å²) in [5, 5.41) is 16.3. The van der Waals surface area contributed by atoms with E-state index >= 15 is 0 Å². The first-order valence-electron chi connectivity index (χ1n) is 7.70. The lowest BCUT2D eigenvalue weighted by Gasteiger charge is -2.31. The standard InChI is InChI=1S/C17H24N4O2/c1-12-9-13(5-6-14(12)21-11-18-10-19-21)16(23)20-15(7-8-22)17(2,3)4/h5-6,9-11,15,22H,7-8H2,1-4H3,(H,20,23). The van der Waals surface area contributed by atoms with Crippen LogP contribution in [0.2, 0.25) is 0 Å². The molecule has 0 aliphatic rings. The van der Waals surface area contributed by atoms with E-state index in [0.29, 0.717) is 12.0 Å². The van der Waals surface area contributed by atoms with E-state index in [1.807, 2.05) is 39.8 Å². The zero-order valence-corrected chi connectivity index (χ0v) is 14.1. The van der Waals surface area contributed by atoms with Gasteiger partial charge < -0.3 is 10.4 Å². The van der Waals surface area contributed by atoms with Crippen LogP contribution in [0.3, 0.4) is 0 Å². The quantitative estimate of drug-likeness (QED) is 0.885. The highest BCUT2D eigenvalue weighted by atomic mass is 16.3. The van der Waals surface area contributed by atoms with E-state index in [0.717, 1.165) is 11.3 Å². The summed E-state index contributed by atoms with van der Waals surface area (Å²) in [7, 11) is 0. The Morgan fingerprint density at radius 1 is 1.39 bits per heavy atom. The van der Waals surface area contributed by atoms with Gasteiger partial charge in [0, 0.05) is 18.2 Å². The molecule has 2 rings (SSSR count). The van der Waals surface area contributed by atoms with Crippen LogP contribution >= 0.6 is 0 Å². The molecule has 0 saturated carbocycles. The van der Waals surface area contributed by atoms with Crippen LogP contribution in [0.4, 0.5) is 0 Å². The summed E-state index contributed by atoms with van der Waals surface area (Å²) in [5.41, 5.74) is 2.31.